The molecule has 0 radical (unpaired) electrons. The number of nitrogens with zero attached hydrogens (tertiary/aromatic N) is 2. The summed E-state index contributed by atoms with van der Waals surface area (Å²) in [6, 6.07) is 20.6. The summed E-state index contributed by atoms with van der Waals surface area (Å²) < 4.78 is 5.96. The summed E-state index contributed by atoms with van der Waals surface area (Å²) in [6.45, 7) is 19.2. The Morgan fingerprint density at radius 3 is 2.12 bits per heavy atom. The van der Waals surface area contributed by atoms with Crippen molar-refractivity contribution in [2.24, 2.45) is 5.92 Å². The molecule has 0 aliphatic heterocycles. The molecule has 4 nitrogen and oxygen atoms in total. The zero-order chi connectivity index (χ0) is 23.6. The van der Waals surface area contributed by atoms with Crippen LogP contribution in [0.1, 0.15) is 63.0 Å². The lowest BCUT2D eigenvalue weighted by molar-refractivity contribution is 0.402. The van der Waals surface area contributed by atoms with Crippen LogP contribution in [0.5, 0.6) is 17.2 Å². The first-order chi connectivity index (χ1) is 16.1. The first-order valence-electron chi connectivity index (χ1n) is 11.5. The quantitative estimate of drug-likeness (QED) is 0.321. The summed E-state index contributed by atoms with van der Waals surface area (Å²) >= 11 is 0. The molecule has 1 N–H and O–H groups in total. The fourth-order valence-electron chi connectivity index (χ4n) is 4.18. The Hall–Kier alpha value is -3.76. The van der Waals surface area contributed by atoms with Gasteiger partial charge in [-0.3, -0.25) is 0 Å². The lowest BCUT2D eigenvalue weighted by Gasteiger charge is -2.24. The second-order valence-corrected chi connectivity index (χ2v) is 8.31. The molecule has 3 aromatic carbocycles. The van der Waals surface area contributed by atoms with E-state index in [-0.39, 0.29) is 17.4 Å². The molecular weight excluding hydrogens is 408 g/mol. The van der Waals surface area contributed by atoms with Gasteiger partial charge in [0.15, 0.2) is 5.69 Å². The van der Waals surface area contributed by atoms with Gasteiger partial charge in [-0.05, 0) is 53.8 Å². The molecule has 2 unspecified atom stereocenters. The van der Waals surface area contributed by atoms with Crippen molar-refractivity contribution in [1.29, 1.82) is 0 Å². The zero-order valence-corrected chi connectivity index (χ0v) is 19.3. The highest BCUT2D eigenvalue weighted by molar-refractivity contribution is 5.77. The molecule has 0 aliphatic carbocycles. The van der Waals surface area contributed by atoms with Crippen LogP contribution in [0.2, 0.25) is 0 Å². The Labute approximate surface area is 197 Å². The highest BCUT2D eigenvalue weighted by Crippen LogP contribution is 2.40. The van der Waals surface area contributed by atoms with Crippen molar-refractivity contribution in [1.82, 2.24) is 0 Å². The van der Waals surface area contributed by atoms with Crippen molar-refractivity contribution < 1.29 is 9.84 Å². The van der Waals surface area contributed by atoms with Crippen molar-refractivity contribution in [3.63, 3.8) is 0 Å². The van der Waals surface area contributed by atoms with Crippen LogP contribution in [0.25, 0.3) is 9.69 Å². The maximum Gasteiger partial charge on any atom is 0.236 e. The van der Waals surface area contributed by atoms with Gasteiger partial charge in [-0.1, -0.05) is 75.9 Å². The summed E-state index contributed by atoms with van der Waals surface area (Å²) in [5.41, 5.74) is 2.92. The fraction of sp³-hybridized carbons (Fsp3) is 0.310. The molecule has 2 atom stereocenters. The van der Waals surface area contributed by atoms with E-state index in [1.165, 1.54) is 30.4 Å². The van der Waals surface area contributed by atoms with E-state index in [2.05, 4.69) is 35.7 Å². The SMILES string of the molecule is [C-]#[N+]c1cccc(Oc2ccc(C(CC(CC)CCCC)c3ccc(O)cc3)cc2)c1[N+]#[C-]. The molecule has 0 saturated heterocycles. The normalized spacial score (nSPS) is 12.4. The van der Waals surface area contributed by atoms with Crippen molar-refractivity contribution in [2.45, 2.75) is 51.9 Å². The topological polar surface area (TPSA) is 38.2 Å². The molecule has 0 aliphatic rings. The molecule has 0 heterocycles. The maximum absolute atomic E-state index is 9.75. The monoisotopic (exact) mass is 438 g/mol. The van der Waals surface area contributed by atoms with E-state index < -0.39 is 0 Å². The molecule has 0 fully saturated rings. The number of ether oxygens (including phenoxy) is 1. The summed E-state index contributed by atoms with van der Waals surface area (Å²) in [5.74, 6) is 2.17. The Balaban J connectivity index is 1.87. The van der Waals surface area contributed by atoms with Crippen LogP contribution in [0.4, 0.5) is 11.4 Å². The average molecular weight is 439 g/mol. The molecule has 0 saturated carbocycles. The van der Waals surface area contributed by atoms with E-state index in [1.54, 1.807) is 30.3 Å². The minimum absolute atomic E-state index is 0.228. The second-order valence-electron chi connectivity index (χ2n) is 8.31. The number of hydrogen-bond donors (Lipinski definition) is 1. The van der Waals surface area contributed by atoms with Crippen LogP contribution in [-0.2, 0) is 0 Å². The fourth-order valence-corrected chi connectivity index (χ4v) is 4.18. The van der Waals surface area contributed by atoms with Gasteiger partial charge in [-0.15, -0.1) is 0 Å². The molecule has 0 amide bonds. The predicted octanol–water partition coefficient (Wildman–Crippen LogP) is 9.02. The summed E-state index contributed by atoms with van der Waals surface area (Å²) in [7, 11) is 0. The van der Waals surface area contributed by atoms with Gasteiger partial charge in [0.05, 0.1) is 13.1 Å². The van der Waals surface area contributed by atoms with E-state index in [0.717, 1.165) is 12.8 Å². The maximum atomic E-state index is 9.75. The lowest BCUT2D eigenvalue weighted by Crippen LogP contribution is -2.09. The minimum Gasteiger partial charge on any atom is -0.508 e. The number of phenols is 1. The van der Waals surface area contributed by atoms with Crippen molar-refractivity contribution >= 4 is 11.4 Å². The summed E-state index contributed by atoms with van der Waals surface area (Å²) in [5, 5.41) is 9.75. The number of rotatable bonds is 10. The highest BCUT2D eigenvalue weighted by Gasteiger charge is 2.20. The second kappa shape index (κ2) is 11.7. The van der Waals surface area contributed by atoms with Crippen molar-refractivity contribution in [3.8, 4) is 17.2 Å². The van der Waals surface area contributed by atoms with Crippen molar-refractivity contribution in [3.05, 3.63) is 101 Å². The molecule has 4 heteroatoms. The van der Waals surface area contributed by atoms with Gasteiger partial charge in [0.25, 0.3) is 0 Å². The molecule has 0 spiro atoms. The number of hydrogen-bond acceptors (Lipinski definition) is 2. The van der Waals surface area contributed by atoms with E-state index in [1.807, 2.05) is 24.3 Å². The molecular formula is C29H30N2O2. The van der Waals surface area contributed by atoms with Gasteiger partial charge >= 0.3 is 0 Å². The van der Waals surface area contributed by atoms with Crippen molar-refractivity contribution in [2.75, 3.05) is 0 Å². The Morgan fingerprint density at radius 1 is 0.879 bits per heavy atom. The highest BCUT2D eigenvalue weighted by atomic mass is 16.5. The van der Waals surface area contributed by atoms with Crippen LogP contribution in [0, 0.1) is 19.1 Å². The zero-order valence-electron chi connectivity index (χ0n) is 19.3. The minimum atomic E-state index is 0.228. The third-order valence-corrected chi connectivity index (χ3v) is 6.13. The molecule has 3 aromatic rings. The summed E-state index contributed by atoms with van der Waals surface area (Å²) in [6.07, 6.45) is 5.86. The van der Waals surface area contributed by atoms with Gasteiger partial charge in [-0.2, -0.15) is 0 Å². The number of benzene rings is 3. The molecule has 168 valence electrons. The van der Waals surface area contributed by atoms with Crippen LogP contribution in [0.15, 0.2) is 66.7 Å². The lowest BCUT2D eigenvalue weighted by atomic mass is 9.81. The predicted molar refractivity (Wildman–Crippen MR) is 133 cm³/mol. The van der Waals surface area contributed by atoms with Gasteiger partial charge in [0.2, 0.25) is 5.69 Å². The van der Waals surface area contributed by atoms with Crippen LogP contribution >= 0.6 is 0 Å². The molecule has 33 heavy (non-hydrogen) atoms. The summed E-state index contributed by atoms with van der Waals surface area (Å²) in [4.78, 5) is 6.90. The third kappa shape index (κ3) is 6.15. The first-order valence-corrected chi connectivity index (χ1v) is 11.5. The van der Waals surface area contributed by atoms with Gasteiger partial charge in [0.1, 0.15) is 17.2 Å². The molecule has 3 rings (SSSR count). The Morgan fingerprint density at radius 2 is 1.55 bits per heavy atom. The number of phenolic OH excluding ortho intramolecular Hbond substituents is 1. The number of unbranched alkanes of at least 4 members (excludes halogenated alkanes) is 1. The number of para-hydroxylation sites is 1. The van der Waals surface area contributed by atoms with E-state index >= 15 is 0 Å². The van der Waals surface area contributed by atoms with Crippen LogP contribution in [-0.4, -0.2) is 5.11 Å². The van der Waals surface area contributed by atoms with Crippen LogP contribution < -0.4 is 4.74 Å². The standard InChI is InChI=1S/C29H30N2O2/c1-5-7-9-21(6-2)20-26(22-12-16-24(32)17-13-22)23-14-18-25(19-15-23)33-28-11-8-10-27(30-3)29(28)31-4/h8,10-19,21,26,32H,5-7,9,20H2,1-2H3. The average Bonchev–Trinajstić information content (AvgIpc) is 2.85. The smallest absolute Gasteiger partial charge is 0.236 e. The van der Waals surface area contributed by atoms with Gasteiger partial charge in [0, 0.05) is 5.92 Å². The van der Waals surface area contributed by atoms with E-state index in [4.69, 9.17) is 17.9 Å². The largest absolute Gasteiger partial charge is 0.508 e. The van der Waals surface area contributed by atoms with Gasteiger partial charge in [-0.25, -0.2) is 9.69 Å². The Bertz CT molecular complexity index is 1120. The molecule has 0 aromatic heterocycles. The third-order valence-electron chi connectivity index (χ3n) is 6.13. The number of aromatic hydroxyl groups is 1. The van der Waals surface area contributed by atoms with Crippen LogP contribution in [0.3, 0.4) is 0 Å². The van der Waals surface area contributed by atoms with E-state index in [0.29, 0.717) is 23.1 Å². The Kier molecular flexibility index (Phi) is 8.50. The van der Waals surface area contributed by atoms with Gasteiger partial charge < -0.3 is 9.84 Å². The molecule has 0 bridgehead atoms. The first kappa shape index (κ1) is 23.9. The van der Waals surface area contributed by atoms with E-state index in [9.17, 15) is 5.11 Å².